The maximum absolute atomic E-state index is 12.7. The molecule has 1 rings (SSSR count). The monoisotopic (exact) mass is 611 g/mol. The zero-order valence-electron chi connectivity index (χ0n) is 26.7. The quantitative estimate of drug-likeness (QED) is 0.118. The van der Waals surface area contributed by atoms with Gasteiger partial charge in [0.05, 0.1) is 13.2 Å². The summed E-state index contributed by atoms with van der Waals surface area (Å²) in [7, 11) is 0. The third-order valence-corrected chi connectivity index (χ3v) is 6.76. The Morgan fingerprint density at radius 1 is 0.721 bits per heavy atom. The zero-order valence-corrected chi connectivity index (χ0v) is 26.7. The average molecular weight is 612 g/mol. The number of carbonyl (C=O) groups is 4. The van der Waals surface area contributed by atoms with E-state index in [0.29, 0.717) is 12.0 Å². The summed E-state index contributed by atoms with van der Waals surface area (Å²) in [6.07, 6.45) is -1.49. The molecule has 0 fully saturated rings. The third-order valence-electron chi connectivity index (χ3n) is 6.76. The summed E-state index contributed by atoms with van der Waals surface area (Å²) >= 11 is 0. The van der Waals surface area contributed by atoms with Crippen LogP contribution in [0.25, 0.3) is 0 Å². The molecule has 0 aliphatic heterocycles. The van der Waals surface area contributed by atoms with Gasteiger partial charge in [-0.15, -0.1) is 0 Å². The van der Waals surface area contributed by atoms with Crippen molar-refractivity contribution >= 4 is 24.4 Å². The van der Waals surface area contributed by atoms with Crippen molar-refractivity contribution in [3.63, 3.8) is 0 Å². The van der Waals surface area contributed by atoms with Gasteiger partial charge < -0.3 is 38.9 Å². The van der Waals surface area contributed by atoms with Crippen LogP contribution in [-0.2, 0) is 34.9 Å². The van der Waals surface area contributed by atoms with E-state index in [9.17, 15) is 19.2 Å². The fourth-order valence-corrected chi connectivity index (χ4v) is 3.35. The number of esters is 1. The summed E-state index contributed by atoms with van der Waals surface area (Å²) in [4.78, 5) is 49.3. The second-order valence-electron chi connectivity index (χ2n) is 10.9. The first-order chi connectivity index (χ1) is 20.3. The molecule has 244 valence electrons. The van der Waals surface area contributed by atoms with E-state index < -0.39 is 42.7 Å². The van der Waals surface area contributed by atoms with Crippen LogP contribution in [0.4, 0.5) is 14.4 Å². The molecule has 43 heavy (non-hydrogen) atoms. The highest BCUT2D eigenvalue weighted by molar-refractivity contribution is 5.76. The van der Waals surface area contributed by atoms with Gasteiger partial charge in [-0.25, -0.2) is 14.4 Å². The fraction of sp³-hybridized carbons (Fsp3) is 0.677. The molecule has 0 heterocycles. The largest absolute Gasteiger partial charge is 0.513 e. The summed E-state index contributed by atoms with van der Waals surface area (Å²) in [5.74, 6) is -0.656. The van der Waals surface area contributed by atoms with Gasteiger partial charge in [0.25, 0.3) is 0 Å². The molecule has 12 heteroatoms. The van der Waals surface area contributed by atoms with Gasteiger partial charge in [-0.05, 0) is 63.1 Å². The molecule has 0 saturated heterocycles. The van der Waals surface area contributed by atoms with Crippen LogP contribution in [0.5, 0.6) is 11.5 Å². The van der Waals surface area contributed by atoms with Crippen LogP contribution >= 0.6 is 0 Å². The zero-order chi connectivity index (χ0) is 32.5. The number of ether oxygens (including phenoxy) is 7. The van der Waals surface area contributed by atoms with Crippen LogP contribution in [-0.4, -0.2) is 62.0 Å². The summed E-state index contributed by atoms with van der Waals surface area (Å²) in [6.45, 7) is 15.0. The fourth-order valence-electron chi connectivity index (χ4n) is 3.35. The molecule has 1 aromatic carbocycles. The average Bonchev–Trinajstić information content (AvgIpc) is 2.95. The first kappa shape index (κ1) is 37.5. The van der Waals surface area contributed by atoms with Crippen LogP contribution in [0.1, 0.15) is 86.6 Å². The highest BCUT2D eigenvalue weighted by Gasteiger charge is 2.26. The topological polar surface area (TPSA) is 159 Å². The normalized spacial score (nSPS) is 15.1. The Balaban J connectivity index is 2.91. The van der Waals surface area contributed by atoms with E-state index in [4.69, 9.17) is 38.9 Å². The number of rotatable bonds is 17. The lowest BCUT2D eigenvalue weighted by Crippen LogP contribution is -2.39. The van der Waals surface area contributed by atoms with Crippen molar-refractivity contribution in [1.82, 2.24) is 0 Å². The van der Waals surface area contributed by atoms with Crippen molar-refractivity contribution in [2.45, 2.75) is 112 Å². The molecule has 0 radical (unpaired) electrons. The lowest BCUT2D eigenvalue weighted by atomic mass is 10.1. The van der Waals surface area contributed by atoms with Crippen LogP contribution in [0.3, 0.4) is 0 Å². The summed E-state index contributed by atoms with van der Waals surface area (Å²) in [5.41, 5.74) is 6.59. The molecule has 0 aliphatic carbocycles. The maximum atomic E-state index is 12.7. The van der Waals surface area contributed by atoms with Gasteiger partial charge in [0.1, 0.15) is 24.4 Å². The number of carbonyl (C=O) groups excluding carboxylic acids is 4. The molecule has 0 aromatic heterocycles. The highest BCUT2D eigenvalue weighted by atomic mass is 16.8. The summed E-state index contributed by atoms with van der Waals surface area (Å²) in [5, 5.41) is 0. The predicted octanol–water partition coefficient (Wildman–Crippen LogP) is 6.34. The Morgan fingerprint density at radius 2 is 1.26 bits per heavy atom. The smallest absolute Gasteiger partial charge is 0.458 e. The number of hydrogen-bond acceptors (Lipinski definition) is 12. The summed E-state index contributed by atoms with van der Waals surface area (Å²) < 4.78 is 36.7. The van der Waals surface area contributed by atoms with Crippen molar-refractivity contribution in [2.24, 2.45) is 17.6 Å². The van der Waals surface area contributed by atoms with Crippen LogP contribution in [0.2, 0.25) is 0 Å². The van der Waals surface area contributed by atoms with E-state index in [-0.39, 0.29) is 49.1 Å². The standard InChI is InChI=1S/C31H49NO11/c1-9-12-21(6)39-31(36)41-23(8)22(7)40-28(33)25(32)15-24-13-14-26(42-29(34)37-17-19(4)10-2)27(16-24)43-30(35)38-18-20(5)11-3/h13-14,16,19-23,25H,9-12,15,17-18,32H2,1-8H3/t19?,20?,21?,22-,23-,25-/m0/s1. The van der Waals surface area contributed by atoms with Crippen molar-refractivity contribution in [3.05, 3.63) is 23.8 Å². The highest BCUT2D eigenvalue weighted by Crippen LogP contribution is 2.30. The Hall–Kier alpha value is -3.54. The molecule has 0 bridgehead atoms. The second kappa shape index (κ2) is 19.6. The molecule has 6 atom stereocenters. The van der Waals surface area contributed by atoms with Crippen molar-refractivity contribution in [1.29, 1.82) is 0 Å². The lowest BCUT2D eigenvalue weighted by molar-refractivity contribution is -0.155. The molecular weight excluding hydrogens is 562 g/mol. The number of benzene rings is 1. The van der Waals surface area contributed by atoms with Gasteiger partial charge in [0.2, 0.25) is 0 Å². The molecular formula is C31H49NO11. The molecule has 3 unspecified atom stereocenters. The number of nitrogens with two attached hydrogens (primary N) is 1. The van der Waals surface area contributed by atoms with Crippen molar-refractivity contribution in [3.8, 4) is 11.5 Å². The van der Waals surface area contributed by atoms with E-state index in [1.807, 2.05) is 34.6 Å². The lowest BCUT2D eigenvalue weighted by Gasteiger charge is -2.23. The molecule has 1 aromatic rings. The van der Waals surface area contributed by atoms with E-state index in [1.165, 1.54) is 12.1 Å². The minimum Gasteiger partial charge on any atom is -0.458 e. The van der Waals surface area contributed by atoms with Gasteiger partial charge in [-0.3, -0.25) is 4.79 Å². The first-order valence-corrected chi connectivity index (χ1v) is 14.9. The van der Waals surface area contributed by atoms with Crippen molar-refractivity contribution in [2.75, 3.05) is 13.2 Å². The van der Waals surface area contributed by atoms with E-state index in [2.05, 4.69) is 0 Å². The van der Waals surface area contributed by atoms with Gasteiger partial charge in [-0.1, -0.05) is 59.9 Å². The van der Waals surface area contributed by atoms with Gasteiger partial charge in [0, 0.05) is 0 Å². The summed E-state index contributed by atoms with van der Waals surface area (Å²) in [6, 6.07) is 3.27. The van der Waals surface area contributed by atoms with E-state index in [1.54, 1.807) is 26.8 Å². The molecule has 2 N–H and O–H groups in total. The minimum absolute atomic E-state index is 0.00557. The van der Waals surface area contributed by atoms with Crippen LogP contribution in [0.15, 0.2) is 18.2 Å². The van der Waals surface area contributed by atoms with Crippen LogP contribution in [0, 0.1) is 11.8 Å². The van der Waals surface area contributed by atoms with Crippen LogP contribution < -0.4 is 15.2 Å². The Labute approximate surface area is 254 Å². The second-order valence-corrected chi connectivity index (χ2v) is 10.9. The molecule has 0 amide bonds. The number of hydrogen-bond donors (Lipinski definition) is 1. The van der Waals surface area contributed by atoms with E-state index >= 15 is 0 Å². The Bertz CT molecular complexity index is 1030. The Kier molecular flexibility index (Phi) is 17.1. The SMILES string of the molecule is CCCC(C)OC(=O)O[C@@H](C)[C@H](C)OC(=O)[C@@H](N)Cc1ccc(OC(=O)OCC(C)CC)c(OC(=O)OCC(C)CC)c1. The Morgan fingerprint density at radius 3 is 1.79 bits per heavy atom. The minimum atomic E-state index is -1.11. The maximum Gasteiger partial charge on any atom is 0.513 e. The van der Waals surface area contributed by atoms with Gasteiger partial charge in [0.15, 0.2) is 11.5 Å². The molecule has 0 aliphatic rings. The molecule has 0 saturated carbocycles. The van der Waals surface area contributed by atoms with Gasteiger partial charge >= 0.3 is 24.4 Å². The van der Waals surface area contributed by atoms with Crippen molar-refractivity contribution < 1.29 is 52.3 Å². The molecule has 0 spiro atoms. The first-order valence-electron chi connectivity index (χ1n) is 14.9. The van der Waals surface area contributed by atoms with Gasteiger partial charge in [-0.2, -0.15) is 0 Å². The van der Waals surface area contributed by atoms with E-state index in [0.717, 1.165) is 19.3 Å². The molecule has 12 nitrogen and oxygen atoms in total. The third kappa shape index (κ3) is 15.0. The predicted molar refractivity (Wildman–Crippen MR) is 158 cm³/mol.